The monoisotopic (exact) mass is 234 g/mol. The number of nitrogens with one attached hydrogen (secondary N) is 2. The highest BCUT2D eigenvalue weighted by molar-refractivity contribution is 5.95. The van der Waals surface area contributed by atoms with Gasteiger partial charge in [-0.3, -0.25) is 4.79 Å². The Bertz CT molecular complexity index is 431. The Labute approximate surface area is 101 Å². The predicted molar refractivity (Wildman–Crippen MR) is 67.0 cm³/mol. The van der Waals surface area contributed by atoms with Crippen LogP contribution in [0.2, 0.25) is 0 Å². The van der Waals surface area contributed by atoms with Gasteiger partial charge in [0.25, 0.3) is 0 Å². The van der Waals surface area contributed by atoms with E-state index in [2.05, 4.69) is 10.6 Å². The van der Waals surface area contributed by atoms with E-state index in [4.69, 9.17) is 0 Å². The van der Waals surface area contributed by atoms with Gasteiger partial charge in [0.15, 0.2) is 0 Å². The van der Waals surface area contributed by atoms with Gasteiger partial charge in [0, 0.05) is 12.2 Å². The molecule has 1 aromatic carbocycles. The number of aliphatic hydroxyl groups excluding tert-OH is 1. The number of carbonyl (C=O) groups is 1. The molecule has 0 spiro atoms. The number of aryl methyl sites for hydroxylation is 2. The Morgan fingerprint density at radius 1 is 1.41 bits per heavy atom. The molecule has 3 N–H and O–H groups in total. The van der Waals surface area contributed by atoms with Crippen LogP contribution in [0.15, 0.2) is 18.2 Å². The summed E-state index contributed by atoms with van der Waals surface area (Å²) >= 11 is 0. The lowest BCUT2D eigenvalue weighted by molar-refractivity contribution is -0.117. The summed E-state index contributed by atoms with van der Waals surface area (Å²) in [5.74, 6) is -0.0789. The Balaban J connectivity index is 2.00. The molecule has 1 saturated heterocycles. The molecular weight excluding hydrogens is 216 g/mol. The first-order valence-electron chi connectivity index (χ1n) is 5.86. The van der Waals surface area contributed by atoms with Crippen LogP contribution in [0.3, 0.4) is 0 Å². The summed E-state index contributed by atoms with van der Waals surface area (Å²) in [6.45, 7) is 4.55. The molecule has 4 heteroatoms. The molecule has 0 aromatic heterocycles. The van der Waals surface area contributed by atoms with E-state index in [0.717, 1.165) is 11.3 Å². The number of amides is 1. The maximum absolute atomic E-state index is 11.9. The van der Waals surface area contributed by atoms with Gasteiger partial charge in [-0.1, -0.05) is 6.07 Å². The highest BCUT2D eigenvalue weighted by Crippen LogP contribution is 2.15. The van der Waals surface area contributed by atoms with Gasteiger partial charge in [-0.05, 0) is 43.5 Å². The molecule has 2 unspecified atom stereocenters. The lowest BCUT2D eigenvalue weighted by Crippen LogP contribution is -2.35. The second-order valence-electron chi connectivity index (χ2n) is 4.64. The Morgan fingerprint density at radius 2 is 2.18 bits per heavy atom. The van der Waals surface area contributed by atoms with Crippen molar-refractivity contribution in [1.82, 2.24) is 5.32 Å². The molecule has 1 amide bonds. The van der Waals surface area contributed by atoms with E-state index >= 15 is 0 Å². The third-order valence-corrected chi connectivity index (χ3v) is 3.20. The number of β-amino-alcohol motifs (C(OH)–C–C–N with tert-alkyl or cyclic N) is 1. The first-order valence-corrected chi connectivity index (χ1v) is 5.86. The van der Waals surface area contributed by atoms with Crippen molar-refractivity contribution in [3.8, 4) is 0 Å². The zero-order chi connectivity index (χ0) is 12.4. The van der Waals surface area contributed by atoms with Gasteiger partial charge in [-0.25, -0.2) is 0 Å². The van der Waals surface area contributed by atoms with Crippen molar-refractivity contribution in [2.75, 3.05) is 11.9 Å². The number of carbonyl (C=O) groups excluding carboxylic acids is 1. The largest absolute Gasteiger partial charge is 0.392 e. The first kappa shape index (κ1) is 12.1. The Morgan fingerprint density at radius 3 is 2.76 bits per heavy atom. The molecule has 1 fully saturated rings. The number of anilines is 1. The normalized spacial score (nSPS) is 23.7. The number of hydrogen-bond donors (Lipinski definition) is 3. The fraction of sp³-hybridized carbons (Fsp3) is 0.462. The quantitative estimate of drug-likeness (QED) is 0.714. The molecule has 1 aliphatic rings. The van der Waals surface area contributed by atoms with E-state index < -0.39 is 6.10 Å². The molecular formula is C13H18N2O2. The topological polar surface area (TPSA) is 61.4 Å². The van der Waals surface area contributed by atoms with Crippen molar-refractivity contribution in [2.24, 2.45) is 0 Å². The summed E-state index contributed by atoms with van der Waals surface area (Å²) < 4.78 is 0. The minimum atomic E-state index is -0.412. The molecule has 2 atom stereocenters. The zero-order valence-electron chi connectivity index (χ0n) is 10.2. The molecule has 0 saturated carbocycles. The highest BCUT2D eigenvalue weighted by Gasteiger charge is 2.27. The summed E-state index contributed by atoms with van der Waals surface area (Å²) in [6.07, 6.45) is 0.0712. The molecule has 1 aromatic rings. The van der Waals surface area contributed by atoms with Crippen LogP contribution in [0.1, 0.15) is 17.5 Å². The highest BCUT2D eigenvalue weighted by atomic mass is 16.3. The maximum atomic E-state index is 11.9. The number of benzene rings is 1. The molecule has 0 aliphatic carbocycles. The van der Waals surface area contributed by atoms with Crippen LogP contribution < -0.4 is 10.6 Å². The molecule has 17 heavy (non-hydrogen) atoms. The van der Waals surface area contributed by atoms with Crippen molar-refractivity contribution in [1.29, 1.82) is 0 Å². The van der Waals surface area contributed by atoms with Gasteiger partial charge in [0.2, 0.25) is 5.91 Å². The summed E-state index contributed by atoms with van der Waals surface area (Å²) in [5, 5.41) is 15.2. The van der Waals surface area contributed by atoms with Crippen molar-refractivity contribution in [2.45, 2.75) is 32.4 Å². The van der Waals surface area contributed by atoms with Gasteiger partial charge in [-0.15, -0.1) is 0 Å². The van der Waals surface area contributed by atoms with E-state index in [-0.39, 0.29) is 11.9 Å². The fourth-order valence-electron chi connectivity index (χ4n) is 1.97. The SMILES string of the molecule is Cc1ccc(NC(=O)C2CC(O)CN2)cc1C. The number of hydrogen-bond acceptors (Lipinski definition) is 3. The van der Waals surface area contributed by atoms with Crippen molar-refractivity contribution < 1.29 is 9.90 Å². The van der Waals surface area contributed by atoms with Crippen LogP contribution in [0.25, 0.3) is 0 Å². The third-order valence-electron chi connectivity index (χ3n) is 3.20. The van der Waals surface area contributed by atoms with Crippen molar-refractivity contribution in [3.05, 3.63) is 29.3 Å². The molecule has 2 rings (SSSR count). The van der Waals surface area contributed by atoms with Crippen LogP contribution in [0, 0.1) is 13.8 Å². The average Bonchev–Trinajstić information content (AvgIpc) is 2.70. The molecule has 1 aliphatic heterocycles. The molecule has 0 bridgehead atoms. The molecule has 92 valence electrons. The Hall–Kier alpha value is -1.39. The molecule has 1 heterocycles. The van der Waals surface area contributed by atoms with E-state index in [1.807, 2.05) is 32.0 Å². The number of rotatable bonds is 2. The minimum absolute atomic E-state index is 0.0789. The van der Waals surface area contributed by atoms with Crippen molar-refractivity contribution >= 4 is 11.6 Å². The summed E-state index contributed by atoms with van der Waals surface area (Å²) in [7, 11) is 0. The molecule has 4 nitrogen and oxygen atoms in total. The van der Waals surface area contributed by atoms with Gasteiger partial charge >= 0.3 is 0 Å². The standard InChI is InChI=1S/C13H18N2O2/c1-8-3-4-10(5-9(8)2)15-13(17)12-6-11(16)7-14-12/h3-5,11-12,14,16H,6-7H2,1-2H3,(H,15,17). The second kappa shape index (κ2) is 4.85. The smallest absolute Gasteiger partial charge is 0.241 e. The maximum Gasteiger partial charge on any atom is 0.241 e. The lowest BCUT2D eigenvalue weighted by atomic mass is 10.1. The van der Waals surface area contributed by atoms with Crippen LogP contribution in [0.4, 0.5) is 5.69 Å². The lowest BCUT2D eigenvalue weighted by Gasteiger charge is -2.12. The number of aliphatic hydroxyl groups is 1. The fourth-order valence-corrected chi connectivity index (χ4v) is 1.97. The third kappa shape index (κ3) is 2.84. The molecule has 0 radical (unpaired) electrons. The summed E-state index contributed by atoms with van der Waals surface area (Å²) in [6, 6.07) is 5.55. The first-order chi connectivity index (χ1) is 8.06. The van der Waals surface area contributed by atoms with E-state index in [1.54, 1.807) is 0 Å². The zero-order valence-corrected chi connectivity index (χ0v) is 10.2. The van der Waals surface area contributed by atoms with Crippen LogP contribution in [-0.2, 0) is 4.79 Å². The second-order valence-corrected chi connectivity index (χ2v) is 4.64. The summed E-state index contributed by atoms with van der Waals surface area (Å²) in [5.41, 5.74) is 3.17. The van der Waals surface area contributed by atoms with Gasteiger partial charge < -0.3 is 15.7 Å². The predicted octanol–water partition coefficient (Wildman–Crippen LogP) is 0.965. The van der Waals surface area contributed by atoms with Crippen LogP contribution in [-0.4, -0.2) is 29.7 Å². The Kier molecular flexibility index (Phi) is 3.45. The van der Waals surface area contributed by atoms with E-state index in [9.17, 15) is 9.90 Å². The average molecular weight is 234 g/mol. The minimum Gasteiger partial charge on any atom is -0.392 e. The van der Waals surface area contributed by atoms with Gasteiger partial charge in [-0.2, -0.15) is 0 Å². The van der Waals surface area contributed by atoms with Gasteiger partial charge in [0.05, 0.1) is 12.1 Å². The van der Waals surface area contributed by atoms with E-state index in [1.165, 1.54) is 5.56 Å². The van der Waals surface area contributed by atoms with E-state index in [0.29, 0.717) is 13.0 Å². The van der Waals surface area contributed by atoms with Crippen LogP contribution in [0.5, 0.6) is 0 Å². The van der Waals surface area contributed by atoms with Crippen molar-refractivity contribution in [3.63, 3.8) is 0 Å². The van der Waals surface area contributed by atoms with Gasteiger partial charge in [0.1, 0.15) is 0 Å². The summed E-state index contributed by atoms with van der Waals surface area (Å²) in [4.78, 5) is 11.9. The van der Waals surface area contributed by atoms with Crippen LogP contribution >= 0.6 is 0 Å².